The summed E-state index contributed by atoms with van der Waals surface area (Å²) in [5, 5.41) is 9.43. The van der Waals surface area contributed by atoms with E-state index in [2.05, 4.69) is 15.0 Å². The van der Waals surface area contributed by atoms with E-state index in [1.54, 1.807) is 31.5 Å². The molecule has 2 N–H and O–H groups in total. The first-order valence-corrected chi connectivity index (χ1v) is 11.0. The van der Waals surface area contributed by atoms with Crippen molar-refractivity contribution in [2.75, 3.05) is 7.11 Å². The Hall–Kier alpha value is -3.43. The number of nitrogens with one attached hydrogen (secondary N) is 1. The van der Waals surface area contributed by atoms with Crippen molar-refractivity contribution in [3.05, 3.63) is 70.8 Å². The smallest absolute Gasteiger partial charge is 0.338 e. The summed E-state index contributed by atoms with van der Waals surface area (Å²) in [7, 11) is 1.59. The lowest BCUT2D eigenvalue weighted by Gasteiger charge is -2.13. The Balaban J connectivity index is 1.66. The molecule has 0 aliphatic carbocycles. The van der Waals surface area contributed by atoms with Gasteiger partial charge in [0.2, 0.25) is 0 Å². The summed E-state index contributed by atoms with van der Waals surface area (Å²) in [5.41, 5.74) is 3.74. The number of fused-ring (bicyclic) bond motifs is 1. The van der Waals surface area contributed by atoms with E-state index < -0.39 is 28.5 Å². The van der Waals surface area contributed by atoms with E-state index in [0.29, 0.717) is 28.0 Å². The lowest BCUT2D eigenvalue weighted by molar-refractivity contribution is 0.0692. The van der Waals surface area contributed by atoms with Crippen LogP contribution in [0.15, 0.2) is 47.8 Å². The lowest BCUT2D eigenvalue weighted by atomic mass is 10.0. The lowest BCUT2D eigenvalue weighted by Crippen LogP contribution is -2.10. The minimum absolute atomic E-state index is 0.157. The number of hydrogen-bond donors (Lipinski definition) is 2. The predicted octanol–water partition coefficient (Wildman–Crippen LogP) is 4.40. The number of methoxy groups -OCH3 is 1. The molecule has 0 aliphatic heterocycles. The van der Waals surface area contributed by atoms with E-state index in [-0.39, 0.29) is 16.5 Å². The van der Waals surface area contributed by atoms with Crippen molar-refractivity contribution in [3.63, 3.8) is 0 Å². The molecule has 1 atom stereocenters. The maximum Gasteiger partial charge on any atom is 0.338 e. The van der Waals surface area contributed by atoms with Crippen molar-refractivity contribution in [2.24, 2.45) is 0 Å². The molecule has 0 aliphatic rings. The third-order valence-electron chi connectivity index (χ3n) is 5.23. The summed E-state index contributed by atoms with van der Waals surface area (Å²) in [4.78, 5) is 23.1. The number of aromatic nitrogens is 3. The van der Waals surface area contributed by atoms with Crippen LogP contribution in [0.4, 0.5) is 4.39 Å². The average molecular weight is 453 g/mol. The number of aryl methyl sites for hydroxylation is 1. The van der Waals surface area contributed by atoms with E-state index >= 15 is 0 Å². The molecule has 0 bridgehead atoms. The first kappa shape index (κ1) is 21.8. The van der Waals surface area contributed by atoms with Gasteiger partial charge < -0.3 is 14.4 Å². The number of aromatic carboxylic acids is 1. The number of benzene rings is 2. The summed E-state index contributed by atoms with van der Waals surface area (Å²) in [6.45, 7) is 3.77. The highest BCUT2D eigenvalue weighted by molar-refractivity contribution is 7.90. The van der Waals surface area contributed by atoms with Crippen molar-refractivity contribution >= 4 is 28.2 Å². The first-order chi connectivity index (χ1) is 15.3. The molecule has 9 heteroatoms. The average Bonchev–Trinajstić information content (AvgIpc) is 3.19. The van der Waals surface area contributed by atoms with E-state index in [1.165, 1.54) is 18.2 Å². The molecule has 2 aromatic carbocycles. The molecule has 0 saturated carbocycles. The number of imidazole rings is 1. The summed E-state index contributed by atoms with van der Waals surface area (Å²) in [5.74, 6) is -1.27. The number of halogens is 1. The van der Waals surface area contributed by atoms with Gasteiger partial charge in [0.05, 0.1) is 29.4 Å². The van der Waals surface area contributed by atoms with Crippen LogP contribution in [0.1, 0.15) is 27.2 Å². The SMILES string of the molecule is COc1c(C)cnc(C[S+]([O-])c2nc3cc(-c4cccc(C(=O)O)c4F)ccc3[nH]2)c1C. The van der Waals surface area contributed by atoms with Crippen LogP contribution in [-0.4, -0.2) is 37.7 Å². The highest BCUT2D eigenvalue weighted by Gasteiger charge is 2.22. The van der Waals surface area contributed by atoms with Gasteiger partial charge in [-0.05, 0) is 37.6 Å². The molecule has 2 aromatic heterocycles. The monoisotopic (exact) mass is 453 g/mol. The second-order valence-electron chi connectivity index (χ2n) is 7.28. The molecule has 0 saturated heterocycles. The third kappa shape index (κ3) is 3.92. The molecule has 164 valence electrons. The first-order valence-electron chi connectivity index (χ1n) is 9.69. The Morgan fingerprint density at radius 3 is 2.78 bits per heavy atom. The van der Waals surface area contributed by atoms with Crippen LogP contribution in [0.5, 0.6) is 5.75 Å². The van der Waals surface area contributed by atoms with E-state index in [0.717, 1.165) is 11.1 Å². The van der Waals surface area contributed by atoms with Gasteiger partial charge in [0, 0.05) is 34.1 Å². The number of ether oxygens (including phenoxy) is 1. The maximum absolute atomic E-state index is 14.6. The Morgan fingerprint density at radius 2 is 2.06 bits per heavy atom. The van der Waals surface area contributed by atoms with Gasteiger partial charge in [0.15, 0.2) is 5.75 Å². The van der Waals surface area contributed by atoms with E-state index in [4.69, 9.17) is 9.84 Å². The second-order valence-corrected chi connectivity index (χ2v) is 8.65. The molecule has 0 spiro atoms. The number of hydrogen-bond acceptors (Lipinski definition) is 5. The molecule has 7 nitrogen and oxygen atoms in total. The molecular formula is C23H20FN3O4S. The fourth-order valence-corrected chi connectivity index (χ4v) is 4.69. The number of carbonyl (C=O) groups is 1. The Labute approximate surface area is 186 Å². The van der Waals surface area contributed by atoms with Crippen molar-refractivity contribution in [3.8, 4) is 16.9 Å². The second kappa shape index (κ2) is 8.60. The van der Waals surface area contributed by atoms with Gasteiger partial charge in [-0.3, -0.25) is 9.97 Å². The summed E-state index contributed by atoms with van der Waals surface area (Å²) < 4.78 is 33.0. The molecule has 0 fully saturated rings. The largest absolute Gasteiger partial charge is 0.609 e. The zero-order valence-electron chi connectivity index (χ0n) is 17.6. The number of carboxylic acid groups (broad SMARTS) is 1. The molecule has 0 radical (unpaired) electrons. The number of rotatable bonds is 6. The minimum atomic E-state index is -1.50. The Kier molecular flexibility index (Phi) is 5.86. The predicted molar refractivity (Wildman–Crippen MR) is 119 cm³/mol. The van der Waals surface area contributed by atoms with Gasteiger partial charge in [-0.2, -0.15) is 4.98 Å². The molecule has 2 heterocycles. The summed E-state index contributed by atoms with van der Waals surface area (Å²) >= 11 is -1.50. The van der Waals surface area contributed by atoms with Crippen LogP contribution in [0.2, 0.25) is 0 Å². The minimum Gasteiger partial charge on any atom is -0.609 e. The quantitative estimate of drug-likeness (QED) is 0.419. The fraction of sp³-hybridized carbons (Fsp3) is 0.174. The zero-order valence-corrected chi connectivity index (χ0v) is 18.4. The van der Waals surface area contributed by atoms with Gasteiger partial charge >= 0.3 is 11.1 Å². The molecule has 32 heavy (non-hydrogen) atoms. The molecule has 4 rings (SSSR count). The molecule has 4 aromatic rings. The van der Waals surface area contributed by atoms with Crippen LogP contribution in [0.25, 0.3) is 22.2 Å². The number of nitrogens with zero attached hydrogens (tertiary/aromatic N) is 2. The highest BCUT2D eigenvalue weighted by Crippen LogP contribution is 2.29. The molecular weight excluding hydrogens is 433 g/mol. The Morgan fingerprint density at radius 1 is 1.28 bits per heavy atom. The van der Waals surface area contributed by atoms with Crippen LogP contribution < -0.4 is 4.74 Å². The van der Waals surface area contributed by atoms with Crippen molar-refractivity contribution in [2.45, 2.75) is 24.8 Å². The molecule has 1 unspecified atom stereocenters. The van der Waals surface area contributed by atoms with Gasteiger partial charge in [0.25, 0.3) is 0 Å². The number of aromatic amines is 1. The number of carboxylic acids is 1. The van der Waals surface area contributed by atoms with Crippen LogP contribution in [0.3, 0.4) is 0 Å². The van der Waals surface area contributed by atoms with Crippen LogP contribution >= 0.6 is 0 Å². The topological polar surface area (TPSA) is 111 Å². The highest BCUT2D eigenvalue weighted by atomic mass is 32.2. The molecule has 0 amide bonds. The Bertz CT molecular complexity index is 1340. The van der Waals surface area contributed by atoms with Crippen molar-refractivity contribution in [1.29, 1.82) is 0 Å². The number of H-pyrrole nitrogens is 1. The summed E-state index contributed by atoms with van der Waals surface area (Å²) in [6, 6.07) is 9.20. The standard InChI is InChI=1S/C23H20FN3O4S/c1-12-10-25-19(13(2)21(12)31-3)11-32(30)23-26-17-8-7-14(9-18(17)27-23)15-5-4-6-16(20(15)24)22(28)29/h4-10H,11H2,1-3H3,(H,26,27)(H,28,29). The zero-order chi connectivity index (χ0) is 23.0. The van der Waals surface area contributed by atoms with Gasteiger partial charge in [-0.15, -0.1) is 0 Å². The summed E-state index contributed by atoms with van der Waals surface area (Å²) in [6.07, 6.45) is 1.68. The van der Waals surface area contributed by atoms with Crippen molar-refractivity contribution in [1.82, 2.24) is 15.0 Å². The van der Waals surface area contributed by atoms with Gasteiger partial charge in [-0.25, -0.2) is 9.18 Å². The van der Waals surface area contributed by atoms with E-state index in [9.17, 15) is 13.7 Å². The van der Waals surface area contributed by atoms with Crippen LogP contribution in [0, 0.1) is 19.7 Å². The maximum atomic E-state index is 14.6. The van der Waals surface area contributed by atoms with Gasteiger partial charge in [-0.1, -0.05) is 18.2 Å². The van der Waals surface area contributed by atoms with Gasteiger partial charge in [0.1, 0.15) is 11.6 Å². The van der Waals surface area contributed by atoms with E-state index in [1.807, 2.05) is 13.8 Å². The van der Waals surface area contributed by atoms with Crippen LogP contribution in [-0.2, 0) is 16.9 Å². The fourth-order valence-electron chi connectivity index (χ4n) is 3.59. The van der Waals surface area contributed by atoms with Crippen molar-refractivity contribution < 1.29 is 23.6 Å². The third-order valence-corrected chi connectivity index (χ3v) is 6.39. The number of pyridine rings is 1. The normalized spacial score (nSPS) is 12.2.